The lowest BCUT2D eigenvalue weighted by molar-refractivity contribution is 0.189. The highest BCUT2D eigenvalue weighted by Crippen LogP contribution is 2.23. The molecule has 0 saturated carbocycles. The summed E-state index contributed by atoms with van der Waals surface area (Å²) in [5.74, 6) is 1.54. The summed E-state index contributed by atoms with van der Waals surface area (Å²) in [4.78, 5) is 6.69. The number of piperidine rings is 1. The maximum atomic E-state index is 5.91. The van der Waals surface area contributed by atoms with Gasteiger partial charge in [0.1, 0.15) is 0 Å². The Balaban J connectivity index is 1.66. The monoisotopic (exact) mass is 291 g/mol. The molecule has 4 nitrogen and oxygen atoms in total. The fourth-order valence-corrected chi connectivity index (χ4v) is 2.56. The lowest BCUT2D eigenvalue weighted by Gasteiger charge is -2.28. The Morgan fingerprint density at radius 1 is 1.25 bits per heavy atom. The van der Waals surface area contributed by atoms with E-state index in [0.29, 0.717) is 6.04 Å². The van der Waals surface area contributed by atoms with Crippen LogP contribution in [0, 0.1) is 0 Å². The summed E-state index contributed by atoms with van der Waals surface area (Å²) in [5, 5.41) is 0.721. The fraction of sp³-hybridized carbons (Fsp3) is 0.400. The summed E-state index contributed by atoms with van der Waals surface area (Å²) in [5.41, 5.74) is 6.90. The van der Waals surface area contributed by atoms with Crippen LogP contribution in [0.4, 0.5) is 0 Å². The molecule has 1 fully saturated rings. The van der Waals surface area contributed by atoms with Crippen LogP contribution in [-0.4, -0.2) is 29.0 Å². The molecule has 0 radical (unpaired) electrons. The number of halogens is 1. The molecule has 0 amide bonds. The molecule has 1 aliphatic heterocycles. The zero-order chi connectivity index (χ0) is 13.9. The first-order chi connectivity index (χ1) is 9.70. The molecular weight excluding hydrogens is 274 g/mol. The predicted octanol–water partition coefficient (Wildman–Crippen LogP) is 2.92. The molecule has 2 aromatic rings. The number of rotatable bonds is 3. The maximum Gasteiger partial charge on any atom is 0.209 e. The van der Waals surface area contributed by atoms with E-state index >= 15 is 0 Å². The molecule has 1 aromatic heterocycles. The molecule has 20 heavy (non-hydrogen) atoms. The van der Waals surface area contributed by atoms with Crippen molar-refractivity contribution >= 4 is 11.6 Å². The highest BCUT2D eigenvalue weighted by molar-refractivity contribution is 6.30. The smallest absolute Gasteiger partial charge is 0.209 e. The summed E-state index contributed by atoms with van der Waals surface area (Å²) >= 11 is 5.88. The third-order valence-corrected chi connectivity index (χ3v) is 3.93. The number of aromatic nitrogens is 1. The van der Waals surface area contributed by atoms with E-state index in [9.17, 15) is 0 Å². The molecule has 0 atom stereocenters. The first kappa shape index (κ1) is 13.6. The standard InChI is InChI=1S/C15H18ClN3O/c16-12-3-1-11(2-4-12)14-9-18-15(20-14)10-19-7-5-13(17)6-8-19/h1-4,9,13H,5-8,10,17H2. The third-order valence-electron chi connectivity index (χ3n) is 3.67. The number of hydrogen-bond acceptors (Lipinski definition) is 4. The Hall–Kier alpha value is -1.36. The van der Waals surface area contributed by atoms with E-state index < -0.39 is 0 Å². The number of oxazole rings is 1. The largest absolute Gasteiger partial charge is 0.439 e. The van der Waals surface area contributed by atoms with Gasteiger partial charge in [0, 0.05) is 29.7 Å². The summed E-state index contributed by atoms with van der Waals surface area (Å²) in [7, 11) is 0. The molecule has 1 aliphatic rings. The van der Waals surface area contributed by atoms with Crippen LogP contribution >= 0.6 is 11.6 Å². The number of nitrogens with zero attached hydrogens (tertiary/aromatic N) is 2. The van der Waals surface area contributed by atoms with Gasteiger partial charge in [0.05, 0.1) is 12.7 Å². The van der Waals surface area contributed by atoms with Crippen molar-refractivity contribution in [3.63, 3.8) is 0 Å². The number of nitrogens with two attached hydrogens (primary N) is 1. The van der Waals surface area contributed by atoms with Crippen LogP contribution in [0.3, 0.4) is 0 Å². The maximum absolute atomic E-state index is 5.91. The second kappa shape index (κ2) is 5.95. The molecule has 2 heterocycles. The van der Waals surface area contributed by atoms with Crippen LogP contribution in [0.25, 0.3) is 11.3 Å². The average Bonchev–Trinajstić information content (AvgIpc) is 2.91. The van der Waals surface area contributed by atoms with Gasteiger partial charge < -0.3 is 10.2 Å². The second-order valence-electron chi connectivity index (χ2n) is 5.24. The minimum Gasteiger partial charge on any atom is -0.439 e. The first-order valence-corrected chi connectivity index (χ1v) is 7.27. The van der Waals surface area contributed by atoms with Gasteiger partial charge in [-0.25, -0.2) is 4.98 Å². The molecule has 2 N–H and O–H groups in total. The highest BCUT2D eigenvalue weighted by Gasteiger charge is 2.18. The van der Waals surface area contributed by atoms with E-state index in [4.69, 9.17) is 21.8 Å². The Bertz CT molecular complexity index is 559. The number of likely N-dealkylation sites (tertiary alicyclic amines) is 1. The highest BCUT2D eigenvalue weighted by atomic mass is 35.5. The predicted molar refractivity (Wildman–Crippen MR) is 79.4 cm³/mol. The lowest BCUT2D eigenvalue weighted by Crippen LogP contribution is -2.39. The SMILES string of the molecule is NC1CCN(Cc2ncc(-c3ccc(Cl)cc3)o2)CC1. The summed E-state index contributed by atoms with van der Waals surface area (Å²) in [6.45, 7) is 2.78. The number of hydrogen-bond donors (Lipinski definition) is 1. The van der Waals surface area contributed by atoms with E-state index in [1.807, 2.05) is 24.3 Å². The van der Waals surface area contributed by atoms with E-state index in [2.05, 4.69) is 9.88 Å². The van der Waals surface area contributed by atoms with Crippen LogP contribution in [0.5, 0.6) is 0 Å². The van der Waals surface area contributed by atoms with E-state index in [-0.39, 0.29) is 0 Å². The molecular formula is C15H18ClN3O. The molecule has 0 spiro atoms. The van der Waals surface area contributed by atoms with Crippen molar-refractivity contribution in [2.75, 3.05) is 13.1 Å². The van der Waals surface area contributed by atoms with Crippen LogP contribution in [0.1, 0.15) is 18.7 Å². The van der Waals surface area contributed by atoms with Crippen molar-refractivity contribution in [3.05, 3.63) is 41.4 Å². The normalized spacial score (nSPS) is 17.5. The average molecular weight is 292 g/mol. The molecule has 5 heteroatoms. The summed E-state index contributed by atoms with van der Waals surface area (Å²) < 4.78 is 5.81. The van der Waals surface area contributed by atoms with Gasteiger partial charge in [-0.3, -0.25) is 4.90 Å². The topological polar surface area (TPSA) is 55.3 Å². The van der Waals surface area contributed by atoms with Crippen LogP contribution in [0.15, 0.2) is 34.9 Å². The summed E-state index contributed by atoms with van der Waals surface area (Å²) in [6, 6.07) is 7.93. The van der Waals surface area contributed by atoms with Crippen molar-refractivity contribution in [1.82, 2.24) is 9.88 Å². The van der Waals surface area contributed by atoms with Crippen LogP contribution < -0.4 is 5.73 Å². The first-order valence-electron chi connectivity index (χ1n) is 6.89. The van der Waals surface area contributed by atoms with Crippen molar-refractivity contribution in [2.24, 2.45) is 5.73 Å². The van der Waals surface area contributed by atoms with Crippen molar-refractivity contribution < 1.29 is 4.42 Å². The third kappa shape index (κ3) is 3.20. The lowest BCUT2D eigenvalue weighted by atomic mass is 10.1. The minimum atomic E-state index is 0.348. The van der Waals surface area contributed by atoms with Gasteiger partial charge in [0.2, 0.25) is 5.89 Å². The second-order valence-corrected chi connectivity index (χ2v) is 5.68. The molecule has 3 rings (SSSR count). The molecule has 0 bridgehead atoms. The molecule has 1 aromatic carbocycles. The zero-order valence-corrected chi connectivity index (χ0v) is 12.0. The zero-order valence-electron chi connectivity index (χ0n) is 11.3. The van der Waals surface area contributed by atoms with E-state index in [0.717, 1.165) is 54.7 Å². The van der Waals surface area contributed by atoms with Crippen LogP contribution in [-0.2, 0) is 6.54 Å². The molecule has 1 saturated heterocycles. The molecule has 106 valence electrons. The Labute approximate surface area is 123 Å². The van der Waals surface area contributed by atoms with Gasteiger partial charge >= 0.3 is 0 Å². The molecule has 0 unspecified atom stereocenters. The quantitative estimate of drug-likeness (QED) is 0.945. The van der Waals surface area contributed by atoms with Gasteiger partial charge in [-0.15, -0.1) is 0 Å². The fourth-order valence-electron chi connectivity index (χ4n) is 2.43. The van der Waals surface area contributed by atoms with Gasteiger partial charge in [-0.2, -0.15) is 0 Å². The van der Waals surface area contributed by atoms with Crippen molar-refractivity contribution in [1.29, 1.82) is 0 Å². The number of benzene rings is 1. The minimum absolute atomic E-state index is 0.348. The Kier molecular flexibility index (Phi) is 4.05. The van der Waals surface area contributed by atoms with Crippen molar-refractivity contribution in [2.45, 2.75) is 25.4 Å². The Morgan fingerprint density at radius 2 is 1.95 bits per heavy atom. The van der Waals surface area contributed by atoms with Crippen molar-refractivity contribution in [3.8, 4) is 11.3 Å². The summed E-state index contributed by atoms with van der Waals surface area (Å²) in [6.07, 6.45) is 3.86. The van der Waals surface area contributed by atoms with Crippen LogP contribution in [0.2, 0.25) is 5.02 Å². The molecule has 0 aliphatic carbocycles. The van der Waals surface area contributed by atoms with Gasteiger partial charge in [-0.1, -0.05) is 11.6 Å². The van der Waals surface area contributed by atoms with Gasteiger partial charge in [0.25, 0.3) is 0 Å². The Morgan fingerprint density at radius 3 is 2.65 bits per heavy atom. The van der Waals surface area contributed by atoms with E-state index in [1.165, 1.54) is 0 Å². The van der Waals surface area contributed by atoms with Gasteiger partial charge in [0.15, 0.2) is 5.76 Å². The van der Waals surface area contributed by atoms with E-state index in [1.54, 1.807) is 6.20 Å². The van der Waals surface area contributed by atoms with Gasteiger partial charge in [-0.05, 0) is 37.1 Å².